The Hall–Kier alpha value is -5.33. The van der Waals surface area contributed by atoms with Crippen molar-refractivity contribution in [1.29, 1.82) is 0 Å². The second-order valence-electron chi connectivity index (χ2n) is 14.6. The first-order valence-corrected chi connectivity index (χ1v) is 25.1. The molecule has 0 aliphatic heterocycles. The van der Waals surface area contributed by atoms with Crippen molar-refractivity contribution in [3.8, 4) is 57.1 Å². The number of fused-ring (bicyclic) bond motifs is 4. The standard InChI is InChI=1S/2C22H13O2.2C6H15P.Pt/c2*1-2-14-13-16-8-4-6-10-18(16)21(22(14)24)20-17-9-5-3-7-15(17)11-12-19(20)23;2*1-4-7(5-2)6-3;/h2*3-13,23-24H;2*4-6H2,1-3H3;/q2*-1;;;+2. The Bertz CT molecular complexity index is 2660. The van der Waals surface area contributed by atoms with E-state index < -0.39 is 0 Å². The molecule has 8 aromatic rings. The van der Waals surface area contributed by atoms with Crippen LogP contribution in [0.1, 0.15) is 52.7 Å². The molecular weight excluding hydrogens is 994 g/mol. The minimum Gasteiger partial charge on any atom is -0.525 e. The third-order valence-electron chi connectivity index (χ3n) is 11.3. The van der Waals surface area contributed by atoms with Crippen molar-refractivity contribution in [2.45, 2.75) is 41.5 Å². The van der Waals surface area contributed by atoms with E-state index in [1.165, 1.54) is 37.0 Å². The predicted molar refractivity (Wildman–Crippen MR) is 270 cm³/mol. The minimum atomic E-state index is -0.0460. The number of phenols is 4. The van der Waals surface area contributed by atoms with Crippen LogP contribution in [-0.4, -0.2) is 57.4 Å². The first-order valence-electron chi connectivity index (χ1n) is 21.3. The molecule has 0 spiro atoms. The van der Waals surface area contributed by atoms with Crippen LogP contribution in [0.3, 0.4) is 0 Å². The molecule has 0 unspecified atom stereocenters. The van der Waals surface area contributed by atoms with Crippen molar-refractivity contribution in [3.63, 3.8) is 0 Å². The van der Waals surface area contributed by atoms with Crippen LogP contribution in [0, 0.1) is 24.7 Å². The summed E-state index contributed by atoms with van der Waals surface area (Å²) in [5.74, 6) is 4.66. The molecule has 4 N–H and O–H groups in total. The van der Waals surface area contributed by atoms with E-state index >= 15 is 0 Å². The van der Waals surface area contributed by atoms with E-state index in [0.717, 1.165) is 43.1 Å². The molecule has 0 saturated heterocycles. The Balaban J connectivity index is 0.000000211. The molecule has 8 rings (SSSR count). The molecule has 63 heavy (non-hydrogen) atoms. The first-order chi connectivity index (χ1) is 30.1. The van der Waals surface area contributed by atoms with Crippen molar-refractivity contribution in [3.05, 3.63) is 157 Å². The Morgan fingerprint density at radius 1 is 0.381 bits per heavy atom. The molecule has 7 heteroatoms. The first kappa shape index (κ1) is 50.3. The molecule has 0 aliphatic rings. The van der Waals surface area contributed by atoms with Crippen molar-refractivity contribution in [2.75, 3.05) is 37.0 Å². The molecular formula is C56H56O4P2Pt. The van der Waals surface area contributed by atoms with Gasteiger partial charge in [0.2, 0.25) is 0 Å². The second-order valence-corrected chi connectivity index (χ2v) is 21.1. The predicted octanol–water partition coefficient (Wildman–Crippen LogP) is 15.1. The van der Waals surface area contributed by atoms with Gasteiger partial charge in [-0.3, -0.25) is 11.8 Å². The van der Waals surface area contributed by atoms with Gasteiger partial charge in [-0.2, -0.15) is 0 Å². The summed E-state index contributed by atoms with van der Waals surface area (Å²) < 4.78 is 0. The Kier molecular flexibility index (Phi) is 19.6. The van der Waals surface area contributed by atoms with Gasteiger partial charge < -0.3 is 33.3 Å². The van der Waals surface area contributed by atoms with E-state index in [9.17, 15) is 20.4 Å². The van der Waals surface area contributed by atoms with Gasteiger partial charge in [0, 0.05) is 22.3 Å². The van der Waals surface area contributed by atoms with Gasteiger partial charge >= 0.3 is 21.1 Å². The molecule has 0 radical (unpaired) electrons. The minimum absolute atomic E-state index is 0. The third kappa shape index (κ3) is 11.6. The fourth-order valence-corrected chi connectivity index (χ4v) is 10.4. The summed E-state index contributed by atoms with van der Waals surface area (Å²) in [5, 5.41) is 49.6. The maximum atomic E-state index is 10.7. The van der Waals surface area contributed by atoms with Crippen LogP contribution in [0.25, 0.3) is 65.3 Å². The quantitative estimate of drug-likeness (QED) is 0.0694. The van der Waals surface area contributed by atoms with E-state index in [1.54, 1.807) is 24.3 Å². The van der Waals surface area contributed by atoms with E-state index in [1.807, 2.05) is 109 Å². The topological polar surface area (TPSA) is 80.9 Å². The molecule has 0 saturated carbocycles. The van der Waals surface area contributed by atoms with Crippen LogP contribution >= 0.6 is 15.8 Å². The fraction of sp³-hybridized carbons (Fsp3) is 0.214. The van der Waals surface area contributed by atoms with Crippen molar-refractivity contribution in [1.82, 2.24) is 0 Å². The van der Waals surface area contributed by atoms with Crippen LogP contribution < -0.4 is 0 Å². The zero-order chi connectivity index (χ0) is 44.8. The largest absolute Gasteiger partial charge is 2.00 e. The number of phenolic OH excluding ortho intramolecular Hbond substituents is 4. The summed E-state index contributed by atoms with van der Waals surface area (Å²) in [4.78, 5) is 0. The van der Waals surface area contributed by atoms with Gasteiger partial charge in [-0.1, -0.05) is 162 Å². The molecule has 0 aromatic heterocycles. The SMILES string of the molecule is CCP(CC)CC.CCP(CC)CC.[C-]#Cc1cc2ccccc2c(-c2c(O)ccc3ccccc23)c1O.[C-]#Cc1cc2ccccc2c(-c2c(O)ccc3ccccc23)c1O.[Pt+2]. The zero-order valence-electron chi connectivity index (χ0n) is 36.9. The average Bonchev–Trinajstić information content (AvgIpc) is 3.31. The monoisotopic (exact) mass is 1050 g/mol. The second kappa shape index (κ2) is 24.5. The molecule has 0 bridgehead atoms. The van der Waals surface area contributed by atoms with Crippen LogP contribution in [0.4, 0.5) is 0 Å². The van der Waals surface area contributed by atoms with Gasteiger partial charge in [0.1, 0.15) is 11.5 Å². The van der Waals surface area contributed by atoms with Crippen LogP contribution in [-0.2, 0) is 21.1 Å². The number of rotatable bonds is 8. The van der Waals surface area contributed by atoms with Gasteiger partial charge in [0.25, 0.3) is 0 Å². The van der Waals surface area contributed by atoms with Gasteiger partial charge in [-0.25, -0.2) is 0 Å². The summed E-state index contributed by atoms with van der Waals surface area (Å²) in [6.45, 7) is 13.7. The Labute approximate surface area is 391 Å². The molecule has 4 nitrogen and oxygen atoms in total. The fourth-order valence-electron chi connectivity index (χ4n) is 7.76. The molecule has 324 valence electrons. The van der Waals surface area contributed by atoms with Crippen molar-refractivity contribution < 1.29 is 41.5 Å². The van der Waals surface area contributed by atoms with Crippen LogP contribution in [0.15, 0.2) is 133 Å². The maximum Gasteiger partial charge on any atom is 2.00 e. The zero-order valence-corrected chi connectivity index (χ0v) is 41.0. The van der Waals surface area contributed by atoms with Crippen molar-refractivity contribution in [2.24, 2.45) is 0 Å². The van der Waals surface area contributed by atoms with Gasteiger partial charge in [0.15, 0.2) is 0 Å². The van der Waals surface area contributed by atoms with Gasteiger partial charge in [0.05, 0.1) is 11.5 Å². The van der Waals surface area contributed by atoms with E-state index in [4.69, 9.17) is 12.8 Å². The number of hydrogen-bond donors (Lipinski definition) is 4. The van der Waals surface area contributed by atoms with Crippen molar-refractivity contribution >= 4 is 58.9 Å². The molecule has 0 aliphatic carbocycles. The number of aromatic hydroxyl groups is 4. The van der Waals surface area contributed by atoms with E-state index in [2.05, 4.69) is 53.4 Å². The summed E-state index contributed by atoms with van der Waals surface area (Å²) in [7, 11) is 0.892. The maximum absolute atomic E-state index is 10.7. The smallest absolute Gasteiger partial charge is 0.525 e. The summed E-state index contributed by atoms with van der Waals surface area (Å²) in [6, 6.07) is 41.1. The Morgan fingerprint density at radius 2 is 0.651 bits per heavy atom. The van der Waals surface area contributed by atoms with E-state index in [0.29, 0.717) is 49.2 Å². The van der Waals surface area contributed by atoms with Gasteiger partial charge in [-0.15, -0.1) is 28.0 Å². The summed E-state index contributed by atoms with van der Waals surface area (Å²) in [6.07, 6.45) is 23.4. The molecule has 0 fully saturated rings. The van der Waals surface area contributed by atoms with Crippen LogP contribution in [0.5, 0.6) is 23.0 Å². The van der Waals surface area contributed by atoms with Gasteiger partial charge in [-0.05, 0) is 92.2 Å². The molecule has 0 atom stereocenters. The normalized spacial score (nSPS) is 10.5. The molecule has 0 amide bonds. The Morgan fingerprint density at radius 3 is 0.921 bits per heavy atom. The van der Waals surface area contributed by atoms with E-state index in [-0.39, 0.29) is 44.1 Å². The summed E-state index contributed by atoms with van der Waals surface area (Å²) in [5.41, 5.74) is 2.79. The molecule has 0 heterocycles. The van der Waals surface area contributed by atoms with Crippen LogP contribution in [0.2, 0.25) is 0 Å². The number of benzene rings is 8. The molecule has 8 aromatic carbocycles. The number of hydrogen-bond acceptors (Lipinski definition) is 4. The average molecular weight is 1050 g/mol. The summed E-state index contributed by atoms with van der Waals surface area (Å²) >= 11 is 0. The third-order valence-corrected chi connectivity index (χ3v) is 16.7.